The molecule has 1 aromatic heterocycles. The first-order valence-electron chi connectivity index (χ1n) is 9.02. The fourth-order valence-corrected chi connectivity index (χ4v) is 3.60. The van der Waals surface area contributed by atoms with Gasteiger partial charge in [-0.25, -0.2) is 0 Å². The number of fused-ring (bicyclic) bond motifs is 1. The van der Waals surface area contributed by atoms with E-state index in [2.05, 4.69) is 15.7 Å². The predicted octanol–water partition coefficient (Wildman–Crippen LogP) is 0.530. The predicted molar refractivity (Wildman–Crippen MR) is 97.6 cm³/mol. The van der Waals surface area contributed by atoms with Crippen molar-refractivity contribution >= 4 is 17.7 Å². The van der Waals surface area contributed by atoms with E-state index in [4.69, 9.17) is 0 Å². The monoisotopic (exact) mass is 367 g/mol. The minimum Gasteiger partial charge on any atom is -0.322 e. The first-order valence-corrected chi connectivity index (χ1v) is 9.02. The van der Waals surface area contributed by atoms with Crippen LogP contribution < -0.4 is 10.6 Å². The molecule has 1 fully saturated rings. The lowest BCUT2D eigenvalue weighted by Crippen LogP contribution is -2.52. The second-order valence-electron chi connectivity index (χ2n) is 6.87. The lowest BCUT2D eigenvalue weighted by Gasteiger charge is -2.29. The lowest BCUT2D eigenvalue weighted by atomic mass is 10.0. The van der Waals surface area contributed by atoms with Crippen LogP contribution in [0, 0.1) is 0 Å². The van der Waals surface area contributed by atoms with Crippen LogP contribution in [0.1, 0.15) is 28.8 Å². The second kappa shape index (κ2) is 6.96. The van der Waals surface area contributed by atoms with Gasteiger partial charge in [-0.3, -0.25) is 24.4 Å². The van der Waals surface area contributed by atoms with E-state index in [9.17, 15) is 14.4 Å². The summed E-state index contributed by atoms with van der Waals surface area (Å²) in [6.07, 6.45) is 4.37. The zero-order valence-corrected chi connectivity index (χ0v) is 15.1. The second-order valence-corrected chi connectivity index (χ2v) is 6.87. The first-order chi connectivity index (χ1) is 13.1. The van der Waals surface area contributed by atoms with Crippen LogP contribution in [0.3, 0.4) is 0 Å². The molecule has 0 radical (unpaired) electrons. The number of carbonyl (C=O) groups excluding carboxylic acids is 3. The van der Waals surface area contributed by atoms with Crippen molar-refractivity contribution in [3.63, 3.8) is 0 Å². The van der Waals surface area contributed by atoms with Gasteiger partial charge in [-0.2, -0.15) is 5.10 Å². The highest BCUT2D eigenvalue weighted by Gasteiger charge is 2.39. The SMILES string of the molecule is CNCCn1cc(-c2ccc3c(c2)C(=O)N(C2CCC(=O)NC2=O)C3)cn1. The van der Waals surface area contributed by atoms with E-state index in [1.54, 1.807) is 11.1 Å². The van der Waals surface area contributed by atoms with E-state index in [1.165, 1.54) is 0 Å². The Balaban J connectivity index is 1.55. The van der Waals surface area contributed by atoms with Crippen molar-refractivity contribution in [3.05, 3.63) is 41.7 Å². The summed E-state index contributed by atoms with van der Waals surface area (Å²) < 4.78 is 1.86. The fraction of sp³-hybridized carbons (Fsp3) is 0.368. The summed E-state index contributed by atoms with van der Waals surface area (Å²) in [5, 5.41) is 9.75. The lowest BCUT2D eigenvalue weighted by molar-refractivity contribution is -0.136. The van der Waals surface area contributed by atoms with E-state index >= 15 is 0 Å². The van der Waals surface area contributed by atoms with Gasteiger partial charge in [0.2, 0.25) is 11.8 Å². The molecule has 3 amide bonds. The molecule has 3 heterocycles. The quantitative estimate of drug-likeness (QED) is 0.752. The summed E-state index contributed by atoms with van der Waals surface area (Å²) in [6, 6.07) is 5.18. The Morgan fingerprint density at radius 2 is 2.11 bits per heavy atom. The van der Waals surface area contributed by atoms with Crippen LogP contribution >= 0.6 is 0 Å². The van der Waals surface area contributed by atoms with E-state index in [0.717, 1.165) is 29.8 Å². The number of benzene rings is 1. The molecule has 27 heavy (non-hydrogen) atoms. The van der Waals surface area contributed by atoms with Crippen molar-refractivity contribution in [2.24, 2.45) is 0 Å². The van der Waals surface area contributed by atoms with Crippen LogP contribution in [-0.2, 0) is 22.7 Å². The standard InChI is InChI=1S/C19H21N5O3/c1-20-6-7-23-10-14(9-21-23)12-2-3-13-11-24(19(27)15(13)8-12)16-4-5-17(25)22-18(16)26/h2-3,8-10,16,20H,4-7,11H2,1H3,(H,22,25,26). The van der Waals surface area contributed by atoms with Crippen molar-refractivity contribution in [2.75, 3.05) is 13.6 Å². The van der Waals surface area contributed by atoms with Crippen LogP contribution in [0.2, 0.25) is 0 Å². The molecule has 1 unspecified atom stereocenters. The van der Waals surface area contributed by atoms with E-state index in [1.807, 2.05) is 36.1 Å². The fourth-order valence-electron chi connectivity index (χ4n) is 3.60. The smallest absolute Gasteiger partial charge is 0.255 e. The molecule has 8 heteroatoms. The Hall–Kier alpha value is -3.00. The van der Waals surface area contributed by atoms with Crippen LogP contribution in [-0.4, -0.2) is 52.0 Å². The maximum Gasteiger partial charge on any atom is 0.255 e. The van der Waals surface area contributed by atoms with Gasteiger partial charge in [0, 0.05) is 36.8 Å². The van der Waals surface area contributed by atoms with Crippen LogP contribution in [0.15, 0.2) is 30.6 Å². The Kier molecular flexibility index (Phi) is 4.49. The number of hydrogen-bond donors (Lipinski definition) is 2. The van der Waals surface area contributed by atoms with Gasteiger partial charge in [0.1, 0.15) is 6.04 Å². The highest BCUT2D eigenvalue weighted by Crippen LogP contribution is 2.31. The number of aromatic nitrogens is 2. The van der Waals surface area contributed by atoms with Gasteiger partial charge in [0.15, 0.2) is 0 Å². The Morgan fingerprint density at radius 3 is 2.89 bits per heavy atom. The van der Waals surface area contributed by atoms with Crippen molar-refractivity contribution in [3.8, 4) is 11.1 Å². The molecule has 4 rings (SSSR count). The molecule has 8 nitrogen and oxygen atoms in total. The number of rotatable bonds is 5. The number of nitrogens with one attached hydrogen (secondary N) is 2. The molecule has 1 saturated heterocycles. The van der Waals surface area contributed by atoms with E-state index in [-0.39, 0.29) is 18.2 Å². The number of likely N-dealkylation sites (N-methyl/N-ethyl adjacent to an activating group) is 1. The zero-order chi connectivity index (χ0) is 19.0. The molecule has 1 atom stereocenters. The third kappa shape index (κ3) is 3.23. The van der Waals surface area contributed by atoms with Gasteiger partial charge >= 0.3 is 0 Å². The van der Waals surface area contributed by atoms with Crippen molar-refractivity contribution < 1.29 is 14.4 Å². The summed E-state index contributed by atoms with van der Waals surface area (Å²) in [7, 11) is 1.89. The van der Waals surface area contributed by atoms with Crippen LogP contribution in [0.5, 0.6) is 0 Å². The first kappa shape index (κ1) is 17.4. The van der Waals surface area contributed by atoms with Crippen LogP contribution in [0.4, 0.5) is 0 Å². The summed E-state index contributed by atoms with van der Waals surface area (Å²) in [5.41, 5.74) is 3.38. The summed E-state index contributed by atoms with van der Waals surface area (Å²) in [6.45, 7) is 1.98. The topological polar surface area (TPSA) is 96.3 Å². The van der Waals surface area contributed by atoms with E-state index < -0.39 is 11.9 Å². The maximum absolute atomic E-state index is 12.9. The van der Waals surface area contributed by atoms with Crippen molar-refractivity contribution in [2.45, 2.75) is 32.0 Å². The number of carbonyl (C=O) groups is 3. The molecule has 0 saturated carbocycles. The third-order valence-electron chi connectivity index (χ3n) is 5.09. The molecule has 2 aliphatic rings. The Bertz CT molecular complexity index is 920. The normalized spacial score (nSPS) is 19.4. The van der Waals surface area contributed by atoms with Crippen molar-refractivity contribution in [1.29, 1.82) is 0 Å². The van der Waals surface area contributed by atoms with E-state index in [0.29, 0.717) is 18.5 Å². The Labute approximate surface area is 156 Å². The van der Waals surface area contributed by atoms with Gasteiger partial charge in [0.25, 0.3) is 5.91 Å². The van der Waals surface area contributed by atoms with Crippen LogP contribution in [0.25, 0.3) is 11.1 Å². The molecule has 2 aromatic rings. The van der Waals surface area contributed by atoms with Gasteiger partial charge in [0.05, 0.1) is 12.7 Å². The van der Waals surface area contributed by atoms with Crippen molar-refractivity contribution in [1.82, 2.24) is 25.3 Å². The van der Waals surface area contributed by atoms with Gasteiger partial charge in [-0.15, -0.1) is 0 Å². The highest BCUT2D eigenvalue weighted by molar-refractivity contribution is 6.05. The molecule has 140 valence electrons. The molecule has 2 aliphatic heterocycles. The average Bonchev–Trinajstić information content (AvgIpc) is 3.25. The number of piperidine rings is 1. The largest absolute Gasteiger partial charge is 0.322 e. The number of imide groups is 1. The molecule has 0 bridgehead atoms. The minimum absolute atomic E-state index is 0.163. The number of amides is 3. The molecule has 0 aliphatic carbocycles. The van der Waals surface area contributed by atoms with Gasteiger partial charge in [-0.05, 0) is 30.7 Å². The zero-order valence-electron chi connectivity index (χ0n) is 15.1. The molecule has 2 N–H and O–H groups in total. The molecule has 1 aromatic carbocycles. The maximum atomic E-state index is 12.9. The Morgan fingerprint density at radius 1 is 1.26 bits per heavy atom. The van der Waals surface area contributed by atoms with Gasteiger partial charge < -0.3 is 10.2 Å². The summed E-state index contributed by atoms with van der Waals surface area (Å²) >= 11 is 0. The van der Waals surface area contributed by atoms with Gasteiger partial charge in [-0.1, -0.05) is 12.1 Å². The average molecular weight is 367 g/mol. The third-order valence-corrected chi connectivity index (χ3v) is 5.09. The minimum atomic E-state index is -0.588. The molecular weight excluding hydrogens is 346 g/mol. The summed E-state index contributed by atoms with van der Waals surface area (Å²) in [4.78, 5) is 37.9. The number of hydrogen-bond acceptors (Lipinski definition) is 5. The highest BCUT2D eigenvalue weighted by atomic mass is 16.2. The molecule has 0 spiro atoms. The summed E-state index contributed by atoms with van der Waals surface area (Å²) in [5.74, 6) is -0.833. The number of nitrogens with zero attached hydrogens (tertiary/aromatic N) is 3. The molecular formula is C19H21N5O3.